The second-order valence-corrected chi connectivity index (χ2v) is 5.61. The molecule has 1 aliphatic rings. The molecule has 100 valence electrons. The lowest BCUT2D eigenvalue weighted by molar-refractivity contribution is 0.0350. The minimum Gasteiger partial charge on any atom is -0.390 e. The van der Waals surface area contributed by atoms with E-state index >= 15 is 0 Å². The molecular formula is C12H20N4OS. The Morgan fingerprint density at radius 3 is 2.61 bits per heavy atom. The van der Waals surface area contributed by atoms with E-state index in [1.54, 1.807) is 0 Å². The average Bonchev–Trinajstić information content (AvgIpc) is 2.38. The van der Waals surface area contributed by atoms with Crippen molar-refractivity contribution >= 4 is 23.4 Å². The molecule has 0 aliphatic carbocycles. The van der Waals surface area contributed by atoms with Gasteiger partial charge in [-0.1, -0.05) is 11.8 Å². The first-order valence-electron chi connectivity index (χ1n) is 6.12. The van der Waals surface area contributed by atoms with Crippen molar-refractivity contribution in [2.45, 2.75) is 30.5 Å². The molecular weight excluding hydrogens is 248 g/mol. The summed E-state index contributed by atoms with van der Waals surface area (Å²) in [5, 5.41) is 13.8. The summed E-state index contributed by atoms with van der Waals surface area (Å²) < 4.78 is 0. The van der Waals surface area contributed by atoms with Crippen LogP contribution in [0.1, 0.15) is 19.8 Å². The second-order valence-electron chi connectivity index (χ2n) is 4.83. The van der Waals surface area contributed by atoms with Crippen molar-refractivity contribution in [2.24, 2.45) is 0 Å². The van der Waals surface area contributed by atoms with Crippen LogP contribution in [0.4, 0.5) is 11.6 Å². The molecule has 5 nitrogen and oxygen atoms in total. The SMILES string of the molecule is CNc1cc(N2CCC(C)(O)CC2)nc(SC)n1. The average molecular weight is 268 g/mol. The van der Waals surface area contributed by atoms with Crippen molar-refractivity contribution in [2.75, 3.05) is 36.6 Å². The van der Waals surface area contributed by atoms with E-state index in [0.717, 1.165) is 42.7 Å². The maximum atomic E-state index is 9.96. The van der Waals surface area contributed by atoms with Crippen molar-refractivity contribution in [3.63, 3.8) is 0 Å². The summed E-state index contributed by atoms with van der Waals surface area (Å²) in [6, 6.07) is 1.96. The quantitative estimate of drug-likeness (QED) is 0.641. The number of hydrogen-bond acceptors (Lipinski definition) is 6. The summed E-state index contributed by atoms with van der Waals surface area (Å²) in [7, 11) is 1.86. The summed E-state index contributed by atoms with van der Waals surface area (Å²) in [5.41, 5.74) is -0.530. The highest BCUT2D eigenvalue weighted by Crippen LogP contribution is 2.27. The molecule has 1 aromatic rings. The molecule has 2 heterocycles. The third-order valence-electron chi connectivity index (χ3n) is 3.30. The van der Waals surface area contributed by atoms with Gasteiger partial charge in [0.15, 0.2) is 5.16 Å². The van der Waals surface area contributed by atoms with E-state index in [9.17, 15) is 5.11 Å². The molecule has 1 aromatic heterocycles. The zero-order valence-electron chi connectivity index (χ0n) is 11.1. The van der Waals surface area contributed by atoms with Gasteiger partial charge in [-0.05, 0) is 26.0 Å². The third-order valence-corrected chi connectivity index (χ3v) is 3.84. The lowest BCUT2D eigenvalue weighted by Gasteiger charge is -2.36. The summed E-state index contributed by atoms with van der Waals surface area (Å²) in [5.74, 6) is 1.77. The highest BCUT2D eigenvalue weighted by atomic mass is 32.2. The molecule has 6 heteroatoms. The molecule has 1 aliphatic heterocycles. The Morgan fingerprint density at radius 1 is 1.39 bits per heavy atom. The lowest BCUT2D eigenvalue weighted by Crippen LogP contribution is -2.42. The zero-order valence-corrected chi connectivity index (χ0v) is 11.9. The molecule has 0 radical (unpaired) electrons. The Balaban J connectivity index is 2.18. The first-order valence-corrected chi connectivity index (χ1v) is 7.35. The van der Waals surface area contributed by atoms with E-state index in [4.69, 9.17) is 0 Å². The Hall–Kier alpha value is -1.01. The van der Waals surface area contributed by atoms with E-state index in [0.29, 0.717) is 0 Å². The minimum absolute atomic E-state index is 0.530. The Kier molecular flexibility index (Phi) is 3.97. The molecule has 18 heavy (non-hydrogen) atoms. The summed E-state index contributed by atoms with van der Waals surface area (Å²) in [6.07, 6.45) is 3.53. The number of hydrogen-bond donors (Lipinski definition) is 2. The fourth-order valence-electron chi connectivity index (χ4n) is 2.01. The Bertz CT molecular complexity index is 392. The third kappa shape index (κ3) is 3.05. The highest BCUT2D eigenvalue weighted by molar-refractivity contribution is 7.98. The first kappa shape index (κ1) is 13.4. The van der Waals surface area contributed by atoms with Gasteiger partial charge in [0.25, 0.3) is 0 Å². The predicted molar refractivity (Wildman–Crippen MR) is 75.4 cm³/mol. The van der Waals surface area contributed by atoms with E-state index in [-0.39, 0.29) is 0 Å². The van der Waals surface area contributed by atoms with Crippen LogP contribution >= 0.6 is 11.8 Å². The molecule has 2 rings (SSSR count). The van der Waals surface area contributed by atoms with Crippen LogP contribution in [0.15, 0.2) is 11.2 Å². The largest absolute Gasteiger partial charge is 0.390 e. The van der Waals surface area contributed by atoms with Crippen LogP contribution < -0.4 is 10.2 Å². The van der Waals surface area contributed by atoms with E-state index in [1.807, 2.05) is 26.3 Å². The molecule has 0 spiro atoms. The Morgan fingerprint density at radius 2 is 2.06 bits per heavy atom. The summed E-state index contributed by atoms with van der Waals surface area (Å²) in [4.78, 5) is 11.1. The fraction of sp³-hybridized carbons (Fsp3) is 0.667. The molecule has 0 aromatic carbocycles. The molecule has 0 unspecified atom stereocenters. The highest BCUT2D eigenvalue weighted by Gasteiger charge is 2.28. The van der Waals surface area contributed by atoms with Gasteiger partial charge in [-0.3, -0.25) is 0 Å². The van der Waals surface area contributed by atoms with Crippen LogP contribution in [0.5, 0.6) is 0 Å². The maximum Gasteiger partial charge on any atom is 0.191 e. The van der Waals surface area contributed by atoms with Crippen molar-refractivity contribution in [3.8, 4) is 0 Å². The second kappa shape index (κ2) is 5.32. The fourth-order valence-corrected chi connectivity index (χ4v) is 2.39. The van der Waals surface area contributed by atoms with Gasteiger partial charge in [0.2, 0.25) is 0 Å². The van der Waals surface area contributed by atoms with Crippen LogP contribution in [-0.2, 0) is 0 Å². The van der Waals surface area contributed by atoms with Crippen LogP contribution in [-0.4, -0.2) is 47.1 Å². The van der Waals surface area contributed by atoms with Gasteiger partial charge < -0.3 is 15.3 Å². The molecule has 1 fully saturated rings. The number of thioether (sulfide) groups is 1. The van der Waals surface area contributed by atoms with Gasteiger partial charge >= 0.3 is 0 Å². The smallest absolute Gasteiger partial charge is 0.191 e. The number of aliphatic hydroxyl groups is 1. The van der Waals surface area contributed by atoms with Gasteiger partial charge in [0.05, 0.1) is 5.60 Å². The molecule has 0 amide bonds. The predicted octanol–water partition coefficient (Wildman–Crippen LogP) is 1.59. The number of aromatic nitrogens is 2. The van der Waals surface area contributed by atoms with E-state index < -0.39 is 5.60 Å². The normalized spacial score (nSPS) is 18.8. The number of anilines is 2. The van der Waals surface area contributed by atoms with Gasteiger partial charge in [0.1, 0.15) is 11.6 Å². The van der Waals surface area contributed by atoms with Crippen LogP contribution in [0, 0.1) is 0 Å². The van der Waals surface area contributed by atoms with Gasteiger partial charge in [-0.25, -0.2) is 9.97 Å². The zero-order chi connectivity index (χ0) is 13.2. The Labute approximate surface area is 112 Å². The number of piperidine rings is 1. The van der Waals surface area contributed by atoms with Gasteiger partial charge in [-0.15, -0.1) is 0 Å². The summed E-state index contributed by atoms with van der Waals surface area (Å²) in [6.45, 7) is 3.57. The monoisotopic (exact) mass is 268 g/mol. The number of rotatable bonds is 3. The molecule has 1 saturated heterocycles. The van der Waals surface area contributed by atoms with Crippen LogP contribution in [0.25, 0.3) is 0 Å². The molecule has 2 N–H and O–H groups in total. The van der Waals surface area contributed by atoms with Crippen molar-refractivity contribution in [1.29, 1.82) is 0 Å². The van der Waals surface area contributed by atoms with Crippen molar-refractivity contribution in [1.82, 2.24) is 9.97 Å². The van der Waals surface area contributed by atoms with Crippen LogP contribution in [0.3, 0.4) is 0 Å². The molecule has 0 bridgehead atoms. The summed E-state index contributed by atoms with van der Waals surface area (Å²) >= 11 is 1.54. The number of nitrogens with zero attached hydrogens (tertiary/aromatic N) is 3. The van der Waals surface area contributed by atoms with E-state index in [2.05, 4.69) is 20.2 Å². The minimum atomic E-state index is -0.530. The van der Waals surface area contributed by atoms with Crippen molar-refractivity contribution in [3.05, 3.63) is 6.07 Å². The maximum absolute atomic E-state index is 9.96. The molecule has 0 saturated carbocycles. The number of nitrogens with one attached hydrogen (secondary N) is 1. The topological polar surface area (TPSA) is 61.3 Å². The van der Waals surface area contributed by atoms with Crippen LogP contribution in [0.2, 0.25) is 0 Å². The molecule has 0 atom stereocenters. The van der Waals surface area contributed by atoms with E-state index in [1.165, 1.54) is 11.8 Å². The van der Waals surface area contributed by atoms with Gasteiger partial charge in [0, 0.05) is 26.2 Å². The first-order chi connectivity index (χ1) is 8.54. The van der Waals surface area contributed by atoms with Crippen molar-refractivity contribution < 1.29 is 5.11 Å². The lowest BCUT2D eigenvalue weighted by atomic mass is 9.94. The van der Waals surface area contributed by atoms with Gasteiger partial charge in [-0.2, -0.15) is 0 Å². The standard InChI is InChI=1S/C12H20N4OS/c1-12(17)4-6-16(7-5-12)10-8-9(13-2)14-11(15-10)18-3/h8,17H,4-7H2,1-3H3,(H,13,14,15).